The van der Waals surface area contributed by atoms with E-state index >= 15 is 0 Å². The van der Waals surface area contributed by atoms with E-state index < -0.39 is 0 Å². The molecule has 1 nitrogen and oxygen atoms in total. The largest absolute Gasteiger partial charge is 0.207 e. The molecule has 0 aromatic heterocycles. The molecule has 2 aromatic rings. The summed E-state index contributed by atoms with van der Waals surface area (Å²) in [6.45, 7) is 0. The Labute approximate surface area is 106 Å². The maximum Gasteiger partial charge on any atom is 0.123 e. The Morgan fingerprint density at radius 1 is 1.00 bits per heavy atom. The molecule has 2 aromatic carbocycles. The lowest BCUT2D eigenvalue weighted by Crippen LogP contribution is -1.85. The molecule has 18 heavy (non-hydrogen) atoms. The van der Waals surface area contributed by atoms with Gasteiger partial charge in [-0.3, -0.25) is 0 Å². The van der Waals surface area contributed by atoms with Gasteiger partial charge in [0.1, 0.15) is 5.82 Å². The molecule has 0 unspecified atom stereocenters. The third kappa shape index (κ3) is 3.05. The fourth-order valence-electron chi connectivity index (χ4n) is 1.70. The molecule has 0 fully saturated rings. The Bertz CT molecular complexity index is 591. The predicted molar refractivity (Wildman–Crippen MR) is 71.1 cm³/mol. The number of rotatable bonds is 3. The van der Waals surface area contributed by atoms with Crippen LogP contribution < -0.4 is 0 Å². The summed E-state index contributed by atoms with van der Waals surface area (Å²) in [4.78, 5) is 0. The molecule has 0 aliphatic rings. The maximum atomic E-state index is 12.8. The summed E-state index contributed by atoms with van der Waals surface area (Å²) in [6, 6.07) is 16.2. The number of nitriles is 1. The van der Waals surface area contributed by atoms with Crippen LogP contribution in [0.5, 0.6) is 0 Å². The summed E-state index contributed by atoms with van der Waals surface area (Å²) < 4.78 is 12.8. The molecule has 0 aliphatic carbocycles. The van der Waals surface area contributed by atoms with Crippen molar-refractivity contribution in [3.8, 4) is 6.07 Å². The molecule has 0 saturated carbocycles. The van der Waals surface area contributed by atoms with Gasteiger partial charge in [0.2, 0.25) is 0 Å². The van der Waals surface area contributed by atoms with Gasteiger partial charge in [-0.1, -0.05) is 48.6 Å². The van der Waals surface area contributed by atoms with Crippen molar-refractivity contribution in [2.75, 3.05) is 0 Å². The second-order valence-electron chi connectivity index (χ2n) is 3.92. The van der Waals surface area contributed by atoms with Crippen molar-refractivity contribution >= 4 is 12.2 Å². The Morgan fingerprint density at radius 3 is 2.44 bits per heavy atom. The summed E-state index contributed by atoms with van der Waals surface area (Å²) in [6.07, 6.45) is 4.25. The first-order chi connectivity index (χ1) is 8.79. The Balaban J connectivity index is 2.23. The standard InChI is InChI=1S/C16H12FN/c17-16-9-6-13(7-10-16)5-8-14-3-1-2-4-15(14)11-12-18/h1-10H,11H2/b8-5+. The minimum Gasteiger partial charge on any atom is -0.207 e. The summed E-state index contributed by atoms with van der Waals surface area (Å²) >= 11 is 0. The molecule has 0 amide bonds. The first kappa shape index (κ1) is 12.1. The van der Waals surface area contributed by atoms with E-state index in [0.717, 1.165) is 16.7 Å². The van der Waals surface area contributed by atoms with Gasteiger partial charge < -0.3 is 0 Å². The first-order valence-corrected chi connectivity index (χ1v) is 5.68. The zero-order valence-electron chi connectivity index (χ0n) is 9.81. The van der Waals surface area contributed by atoms with Gasteiger partial charge in [-0.05, 0) is 28.8 Å². The van der Waals surface area contributed by atoms with Crippen LogP contribution in [0.15, 0.2) is 48.5 Å². The van der Waals surface area contributed by atoms with Crippen LogP contribution in [0.4, 0.5) is 4.39 Å². The monoisotopic (exact) mass is 237 g/mol. The number of hydrogen-bond donors (Lipinski definition) is 0. The molecular weight excluding hydrogens is 225 g/mol. The van der Waals surface area contributed by atoms with Crippen LogP contribution in [0.1, 0.15) is 16.7 Å². The predicted octanol–water partition coefficient (Wildman–Crippen LogP) is 4.06. The van der Waals surface area contributed by atoms with Gasteiger partial charge in [-0.15, -0.1) is 0 Å². The van der Waals surface area contributed by atoms with Crippen LogP contribution in [0.3, 0.4) is 0 Å². The molecular formula is C16H12FN. The lowest BCUT2D eigenvalue weighted by Gasteiger charge is -2.00. The van der Waals surface area contributed by atoms with Gasteiger partial charge in [0.05, 0.1) is 12.5 Å². The van der Waals surface area contributed by atoms with Gasteiger partial charge in [-0.25, -0.2) is 4.39 Å². The lowest BCUT2D eigenvalue weighted by atomic mass is 10.0. The third-order valence-electron chi connectivity index (χ3n) is 2.65. The quantitative estimate of drug-likeness (QED) is 0.738. The van der Waals surface area contributed by atoms with Crippen LogP contribution >= 0.6 is 0 Å². The van der Waals surface area contributed by atoms with Gasteiger partial charge in [0, 0.05) is 0 Å². The fourth-order valence-corrected chi connectivity index (χ4v) is 1.70. The molecule has 0 atom stereocenters. The van der Waals surface area contributed by atoms with Crippen molar-refractivity contribution in [3.63, 3.8) is 0 Å². The van der Waals surface area contributed by atoms with Crippen LogP contribution in [0, 0.1) is 17.1 Å². The highest BCUT2D eigenvalue weighted by molar-refractivity contribution is 5.71. The van der Waals surface area contributed by atoms with Gasteiger partial charge >= 0.3 is 0 Å². The molecule has 0 saturated heterocycles. The minimum absolute atomic E-state index is 0.239. The SMILES string of the molecule is N#CCc1ccccc1/C=C/c1ccc(F)cc1. The zero-order valence-corrected chi connectivity index (χ0v) is 9.81. The number of hydrogen-bond acceptors (Lipinski definition) is 1. The Kier molecular flexibility index (Phi) is 3.88. The highest BCUT2D eigenvalue weighted by Gasteiger charge is 1.97. The van der Waals surface area contributed by atoms with E-state index in [0.29, 0.717) is 6.42 Å². The number of benzene rings is 2. The molecule has 0 N–H and O–H groups in total. The van der Waals surface area contributed by atoms with E-state index in [2.05, 4.69) is 6.07 Å². The van der Waals surface area contributed by atoms with E-state index in [4.69, 9.17) is 5.26 Å². The summed E-state index contributed by atoms with van der Waals surface area (Å²) in [5.41, 5.74) is 2.95. The average molecular weight is 237 g/mol. The third-order valence-corrected chi connectivity index (χ3v) is 2.65. The lowest BCUT2D eigenvalue weighted by molar-refractivity contribution is 0.628. The van der Waals surface area contributed by atoms with Crippen LogP contribution in [0.25, 0.3) is 12.2 Å². The molecule has 2 rings (SSSR count). The van der Waals surface area contributed by atoms with E-state index in [9.17, 15) is 4.39 Å². The molecule has 0 spiro atoms. The second kappa shape index (κ2) is 5.79. The molecule has 0 bridgehead atoms. The van der Waals surface area contributed by atoms with Crippen molar-refractivity contribution in [1.29, 1.82) is 5.26 Å². The molecule has 88 valence electrons. The van der Waals surface area contributed by atoms with Gasteiger partial charge in [0.15, 0.2) is 0 Å². The van der Waals surface area contributed by atoms with Crippen LogP contribution in [-0.2, 0) is 6.42 Å². The smallest absolute Gasteiger partial charge is 0.123 e. The summed E-state index contributed by atoms with van der Waals surface area (Å²) in [5, 5.41) is 8.74. The molecule has 0 radical (unpaired) electrons. The molecule has 2 heteroatoms. The molecule has 0 heterocycles. The summed E-state index contributed by atoms with van der Waals surface area (Å²) in [7, 11) is 0. The van der Waals surface area contributed by atoms with E-state index in [1.807, 2.05) is 36.4 Å². The normalized spacial score (nSPS) is 10.4. The second-order valence-corrected chi connectivity index (χ2v) is 3.92. The maximum absolute atomic E-state index is 12.8. The zero-order chi connectivity index (χ0) is 12.8. The van der Waals surface area contributed by atoms with Crippen molar-refractivity contribution in [1.82, 2.24) is 0 Å². The topological polar surface area (TPSA) is 23.8 Å². The van der Waals surface area contributed by atoms with E-state index in [1.54, 1.807) is 12.1 Å². The number of nitrogens with zero attached hydrogens (tertiary/aromatic N) is 1. The van der Waals surface area contributed by atoms with Crippen molar-refractivity contribution < 1.29 is 4.39 Å². The number of halogens is 1. The Morgan fingerprint density at radius 2 is 1.72 bits per heavy atom. The highest BCUT2D eigenvalue weighted by atomic mass is 19.1. The van der Waals surface area contributed by atoms with Crippen molar-refractivity contribution in [2.24, 2.45) is 0 Å². The van der Waals surface area contributed by atoms with Crippen LogP contribution in [-0.4, -0.2) is 0 Å². The van der Waals surface area contributed by atoms with Crippen molar-refractivity contribution in [3.05, 3.63) is 71.0 Å². The summed E-state index contributed by atoms with van der Waals surface area (Å²) in [5.74, 6) is -0.239. The minimum atomic E-state index is -0.239. The Hall–Kier alpha value is -2.40. The van der Waals surface area contributed by atoms with E-state index in [1.165, 1.54) is 12.1 Å². The van der Waals surface area contributed by atoms with Gasteiger partial charge in [0.25, 0.3) is 0 Å². The van der Waals surface area contributed by atoms with Gasteiger partial charge in [-0.2, -0.15) is 5.26 Å². The fraction of sp³-hybridized carbons (Fsp3) is 0.0625. The highest BCUT2D eigenvalue weighted by Crippen LogP contribution is 2.14. The molecule has 0 aliphatic heterocycles. The van der Waals surface area contributed by atoms with E-state index in [-0.39, 0.29) is 5.82 Å². The van der Waals surface area contributed by atoms with Crippen molar-refractivity contribution in [2.45, 2.75) is 6.42 Å². The average Bonchev–Trinajstić information content (AvgIpc) is 2.40. The first-order valence-electron chi connectivity index (χ1n) is 5.68. The van der Waals surface area contributed by atoms with Crippen LogP contribution in [0.2, 0.25) is 0 Å².